The fourth-order valence-corrected chi connectivity index (χ4v) is 2.97. The summed E-state index contributed by atoms with van der Waals surface area (Å²) >= 11 is 7.10. The molecule has 2 heterocycles. The highest BCUT2D eigenvalue weighted by molar-refractivity contribution is 7.21. The van der Waals surface area contributed by atoms with E-state index in [1.165, 1.54) is 0 Å². The van der Waals surface area contributed by atoms with E-state index in [0.717, 1.165) is 21.7 Å². The molecule has 0 saturated heterocycles. The number of hydrogen-bond acceptors (Lipinski definition) is 5. The highest BCUT2D eigenvalue weighted by atomic mass is 35.5. The minimum Gasteiger partial charge on any atom is -0.505 e. The number of carbonyl (C=O) groups excluding carboxylic acids is 1. The second kappa shape index (κ2) is 4.50. The third-order valence-electron chi connectivity index (χ3n) is 2.19. The molecule has 0 amide bonds. The highest BCUT2D eigenvalue weighted by Crippen LogP contribution is 2.40. The van der Waals surface area contributed by atoms with Crippen molar-refractivity contribution < 1.29 is 14.6 Å². The van der Waals surface area contributed by atoms with Gasteiger partial charge in [-0.1, -0.05) is 11.6 Å². The summed E-state index contributed by atoms with van der Waals surface area (Å²) in [5, 5.41) is 10.5. The van der Waals surface area contributed by atoms with Crippen molar-refractivity contribution in [1.29, 1.82) is 0 Å². The first-order valence-corrected chi connectivity index (χ1v) is 6.19. The molecule has 0 atom stereocenters. The van der Waals surface area contributed by atoms with Crippen molar-refractivity contribution in [2.24, 2.45) is 0 Å². The van der Waals surface area contributed by atoms with Crippen LogP contribution in [0.5, 0.6) is 5.75 Å². The van der Waals surface area contributed by atoms with Crippen LogP contribution < -0.4 is 0 Å². The minimum absolute atomic E-state index is 0.152. The Kier molecular flexibility index (Phi) is 3.22. The lowest BCUT2D eigenvalue weighted by Crippen LogP contribution is -2.01. The van der Waals surface area contributed by atoms with Gasteiger partial charge in [-0.05, 0) is 19.9 Å². The Morgan fingerprint density at radius 2 is 2.35 bits per heavy atom. The maximum atomic E-state index is 11.6. The van der Waals surface area contributed by atoms with E-state index < -0.39 is 5.97 Å². The van der Waals surface area contributed by atoms with Crippen molar-refractivity contribution in [3.05, 3.63) is 21.8 Å². The van der Waals surface area contributed by atoms with Crippen LogP contribution in [0.2, 0.25) is 5.15 Å². The largest absolute Gasteiger partial charge is 0.505 e. The zero-order valence-electron chi connectivity index (χ0n) is 9.28. The smallest absolute Gasteiger partial charge is 0.352 e. The van der Waals surface area contributed by atoms with Crippen LogP contribution in [0.25, 0.3) is 10.1 Å². The lowest BCUT2D eigenvalue weighted by atomic mass is 10.2. The van der Waals surface area contributed by atoms with Gasteiger partial charge in [0.25, 0.3) is 0 Å². The molecule has 0 aliphatic heterocycles. The molecule has 0 bridgehead atoms. The van der Waals surface area contributed by atoms with E-state index in [4.69, 9.17) is 16.3 Å². The summed E-state index contributed by atoms with van der Waals surface area (Å²) in [7, 11) is 0. The molecule has 0 aromatic carbocycles. The SMILES string of the molecule is CCOC(=O)c1sc2cc(C)nc(Cl)c2c1O. The number of halogens is 1. The van der Waals surface area contributed by atoms with Crippen LogP contribution >= 0.6 is 22.9 Å². The van der Waals surface area contributed by atoms with Gasteiger partial charge in [-0.25, -0.2) is 9.78 Å². The number of aromatic hydroxyl groups is 1. The number of thiophene rings is 1. The summed E-state index contributed by atoms with van der Waals surface area (Å²) in [6.07, 6.45) is 0. The first-order chi connectivity index (χ1) is 8.04. The summed E-state index contributed by atoms with van der Waals surface area (Å²) in [5.41, 5.74) is 0.735. The zero-order chi connectivity index (χ0) is 12.6. The third kappa shape index (κ3) is 2.08. The molecule has 2 aromatic heterocycles. The number of aryl methyl sites for hydroxylation is 1. The third-order valence-corrected chi connectivity index (χ3v) is 3.57. The normalized spacial score (nSPS) is 10.8. The quantitative estimate of drug-likeness (QED) is 0.673. The molecule has 90 valence electrons. The van der Waals surface area contributed by atoms with E-state index in [2.05, 4.69) is 4.98 Å². The molecule has 17 heavy (non-hydrogen) atoms. The molecule has 0 aliphatic carbocycles. The van der Waals surface area contributed by atoms with Gasteiger partial charge in [0.15, 0.2) is 10.6 Å². The number of nitrogens with zero attached hydrogens (tertiary/aromatic N) is 1. The topological polar surface area (TPSA) is 59.4 Å². The second-order valence-corrected chi connectivity index (χ2v) is 4.84. The Morgan fingerprint density at radius 3 is 3.00 bits per heavy atom. The molecule has 2 rings (SSSR count). The number of rotatable bonds is 2. The standard InChI is InChI=1S/C11H10ClNO3S/c1-3-16-11(15)9-8(14)7-6(17-9)4-5(2)13-10(7)12/h4,14H,3H2,1-2H3. The summed E-state index contributed by atoms with van der Waals surface area (Å²) in [6, 6.07) is 1.77. The predicted octanol–water partition coefficient (Wildman–Crippen LogP) is 3.14. The molecule has 0 fully saturated rings. The highest BCUT2D eigenvalue weighted by Gasteiger charge is 2.21. The molecule has 0 aliphatic rings. The van der Waals surface area contributed by atoms with Crippen molar-refractivity contribution >= 4 is 39.0 Å². The molecular weight excluding hydrogens is 262 g/mol. The molecule has 1 N–H and O–H groups in total. The van der Waals surface area contributed by atoms with Crippen LogP contribution in [-0.4, -0.2) is 22.7 Å². The van der Waals surface area contributed by atoms with Gasteiger partial charge in [0, 0.05) is 10.4 Å². The summed E-state index contributed by atoms with van der Waals surface area (Å²) in [4.78, 5) is 15.8. The molecule has 0 spiro atoms. The Morgan fingerprint density at radius 1 is 1.65 bits per heavy atom. The molecule has 2 aromatic rings. The van der Waals surface area contributed by atoms with Crippen molar-refractivity contribution in [2.75, 3.05) is 6.61 Å². The van der Waals surface area contributed by atoms with Gasteiger partial charge >= 0.3 is 5.97 Å². The number of carbonyl (C=O) groups is 1. The van der Waals surface area contributed by atoms with Crippen molar-refractivity contribution in [3.8, 4) is 5.75 Å². The number of hydrogen-bond donors (Lipinski definition) is 1. The fourth-order valence-electron chi connectivity index (χ4n) is 1.51. The van der Waals surface area contributed by atoms with Gasteiger partial charge in [0.05, 0.1) is 12.0 Å². The van der Waals surface area contributed by atoms with Crippen molar-refractivity contribution in [2.45, 2.75) is 13.8 Å². The van der Waals surface area contributed by atoms with E-state index in [9.17, 15) is 9.90 Å². The Labute approximate surface area is 107 Å². The maximum absolute atomic E-state index is 11.6. The number of pyridine rings is 1. The van der Waals surface area contributed by atoms with Crippen LogP contribution in [0.15, 0.2) is 6.07 Å². The summed E-state index contributed by atoms with van der Waals surface area (Å²) < 4.78 is 5.58. The van der Waals surface area contributed by atoms with E-state index in [0.29, 0.717) is 5.39 Å². The Balaban J connectivity index is 2.64. The minimum atomic E-state index is -0.542. The molecule has 0 saturated carbocycles. The van der Waals surface area contributed by atoms with Gasteiger partial charge < -0.3 is 9.84 Å². The number of aromatic nitrogens is 1. The lowest BCUT2D eigenvalue weighted by molar-refractivity contribution is 0.0529. The molecule has 0 unspecified atom stereocenters. The second-order valence-electron chi connectivity index (χ2n) is 3.43. The van der Waals surface area contributed by atoms with Crippen LogP contribution in [0.4, 0.5) is 0 Å². The van der Waals surface area contributed by atoms with Crippen LogP contribution in [-0.2, 0) is 4.74 Å². The number of fused-ring (bicyclic) bond motifs is 1. The Bertz CT molecular complexity index is 594. The van der Waals surface area contributed by atoms with Gasteiger partial charge in [-0.2, -0.15) is 0 Å². The first-order valence-electron chi connectivity index (χ1n) is 5.00. The molecule has 4 nitrogen and oxygen atoms in total. The fraction of sp³-hybridized carbons (Fsp3) is 0.273. The average molecular weight is 272 g/mol. The predicted molar refractivity (Wildman–Crippen MR) is 67.0 cm³/mol. The van der Waals surface area contributed by atoms with Gasteiger partial charge in [0.1, 0.15) is 5.15 Å². The van der Waals surface area contributed by atoms with Gasteiger partial charge in [-0.3, -0.25) is 0 Å². The van der Waals surface area contributed by atoms with Gasteiger partial charge in [-0.15, -0.1) is 11.3 Å². The van der Waals surface area contributed by atoms with Crippen molar-refractivity contribution in [3.63, 3.8) is 0 Å². The van der Waals surface area contributed by atoms with Crippen LogP contribution in [0.3, 0.4) is 0 Å². The first kappa shape index (κ1) is 12.1. The van der Waals surface area contributed by atoms with Gasteiger partial charge in [0.2, 0.25) is 0 Å². The van der Waals surface area contributed by atoms with Crippen LogP contribution in [0.1, 0.15) is 22.3 Å². The monoisotopic (exact) mass is 271 g/mol. The number of ether oxygens (including phenoxy) is 1. The van der Waals surface area contributed by atoms with E-state index in [1.54, 1.807) is 19.9 Å². The van der Waals surface area contributed by atoms with E-state index >= 15 is 0 Å². The molecule has 0 radical (unpaired) electrons. The van der Waals surface area contributed by atoms with Crippen molar-refractivity contribution in [1.82, 2.24) is 4.98 Å². The van der Waals surface area contributed by atoms with Crippen LogP contribution in [0, 0.1) is 6.92 Å². The van der Waals surface area contributed by atoms with E-state index in [1.807, 2.05) is 0 Å². The summed E-state index contributed by atoms with van der Waals surface area (Å²) in [5.74, 6) is -0.694. The summed E-state index contributed by atoms with van der Waals surface area (Å²) in [6.45, 7) is 3.77. The lowest BCUT2D eigenvalue weighted by Gasteiger charge is -1.99. The Hall–Kier alpha value is -1.33. The maximum Gasteiger partial charge on any atom is 0.352 e. The zero-order valence-corrected chi connectivity index (χ0v) is 10.9. The molecular formula is C11H10ClNO3S. The number of esters is 1. The van der Waals surface area contributed by atoms with E-state index in [-0.39, 0.29) is 22.4 Å². The average Bonchev–Trinajstić information content (AvgIpc) is 2.56. The molecule has 6 heteroatoms.